The maximum atomic E-state index is 12.6. The summed E-state index contributed by atoms with van der Waals surface area (Å²) in [6.45, 7) is 2.48. The first-order valence-electron chi connectivity index (χ1n) is 10.4. The SMILES string of the molecule is CCc1ccc(OCc2cc(/C=C/C(=O)c3ccc(OC)c(OC)c3)ccc2OC)cc1. The molecule has 0 aliphatic carbocycles. The summed E-state index contributed by atoms with van der Waals surface area (Å²) in [5.41, 5.74) is 3.56. The molecule has 5 nitrogen and oxygen atoms in total. The molecule has 0 atom stereocenters. The van der Waals surface area contributed by atoms with Crippen molar-refractivity contribution in [2.45, 2.75) is 20.0 Å². The van der Waals surface area contributed by atoms with Crippen molar-refractivity contribution in [1.29, 1.82) is 0 Å². The summed E-state index contributed by atoms with van der Waals surface area (Å²) in [6, 6.07) is 18.9. The summed E-state index contributed by atoms with van der Waals surface area (Å²) in [6.07, 6.45) is 4.31. The molecular weight excluding hydrogens is 404 g/mol. The normalized spacial score (nSPS) is 10.8. The van der Waals surface area contributed by atoms with Gasteiger partial charge in [0.25, 0.3) is 0 Å². The molecule has 0 N–H and O–H groups in total. The van der Waals surface area contributed by atoms with Gasteiger partial charge in [-0.05, 0) is 66.1 Å². The van der Waals surface area contributed by atoms with Crippen LogP contribution >= 0.6 is 0 Å². The Bertz CT molecular complexity index is 1080. The summed E-state index contributed by atoms with van der Waals surface area (Å²) >= 11 is 0. The molecule has 166 valence electrons. The Labute approximate surface area is 189 Å². The molecule has 0 amide bonds. The molecule has 0 aliphatic heterocycles. The molecule has 32 heavy (non-hydrogen) atoms. The molecule has 3 aromatic carbocycles. The highest BCUT2D eigenvalue weighted by atomic mass is 16.5. The van der Waals surface area contributed by atoms with Gasteiger partial charge in [0, 0.05) is 11.1 Å². The van der Waals surface area contributed by atoms with Crippen LogP contribution in [0.1, 0.15) is 34.0 Å². The van der Waals surface area contributed by atoms with E-state index < -0.39 is 0 Å². The van der Waals surface area contributed by atoms with Gasteiger partial charge in [0.15, 0.2) is 17.3 Å². The summed E-state index contributed by atoms with van der Waals surface area (Å²) in [4.78, 5) is 12.6. The second-order valence-corrected chi connectivity index (χ2v) is 7.12. The lowest BCUT2D eigenvalue weighted by atomic mass is 10.1. The fraction of sp³-hybridized carbons (Fsp3) is 0.222. The molecule has 0 spiro atoms. The lowest BCUT2D eigenvalue weighted by molar-refractivity contribution is 0.104. The third-order valence-corrected chi connectivity index (χ3v) is 5.13. The van der Waals surface area contributed by atoms with Crippen LogP contribution in [-0.4, -0.2) is 27.1 Å². The van der Waals surface area contributed by atoms with Gasteiger partial charge in [-0.3, -0.25) is 4.79 Å². The molecule has 0 saturated heterocycles. The third-order valence-electron chi connectivity index (χ3n) is 5.13. The Hall–Kier alpha value is -3.73. The van der Waals surface area contributed by atoms with Gasteiger partial charge in [-0.2, -0.15) is 0 Å². The monoisotopic (exact) mass is 432 g/mol. The van der Waals surface area contributed by atoms with Gasteiger partial charge in [-0.1, -0.05) is 31.2 Å². The predicted molar refractivity (Wildman–Crippen MR) is 126 cm³/mol. The van der Waals surface area contributed by atoms with E-state index in [9.17, 15) is 4.79 Å². The van der Waals surface area contributed by atoms with Crippen molar-refractivity contribution < 1.29 is 23.7 Å². The van der Waals surface area contributed by atoms with Crippen molar-refractivity contribution >= 4 is 11.9 Å². The maximum absolute atomic E-state index is 12.6. The van der Waals surface area contributed by atoms with Gasteiger partial charge < -0.3 is 18.9 Å². The van der Waals surface area contributed by atoms with Crippen LogP contribution in [0.25, 0.3) is 6.08 Å². The molecule has 5 heteroatoms. The standard InChI is InChI=1S/C27H28O5/c1-5-19-6-11-23(12-7-19)32-18-22-16-20(9-14-25(22)29-2)8-13-24(28)21-10-15-26(30-3)27(17-21)31-4/h6-17H,5,18H2,1-4H3/b13-8+. The highest BCUT2D eigenvalue weighted by Gasteiger charge is 2.09. The Morgan fingerprint density at radius 2 is 1.50 bits per heavy atom. The first-order chi connectivity index (χ1) is 15.6. The first-order valence-corrected chi connectivity index (χ1v) is 10.4. The van der Waals surface area contributed by atoms with Gasteiger partial charge in [0.1, 0.15) is 18.1 Å². The Kier molecular flexibility index (Phi) is 7.92. The van der Waals surface area contributed by atoms with Crippen molar-refractivity contribution in [2.75, 3.05) is 21.3 Å². The number of hydrogen-bond donors (Lipinski definition) is 0. The van der Waals surface area contributed by atoms with Crippen LogP contribution in [0, 0.1) is 0 Å². The minimum atomic E-state index is -0.129. The molecule has 0 aliphatic rings. The first kappa shape index (κ1) is 22.9. The lowest BCUT2D eigenvalue weighted by Crippen LogP contribution is -2.00. The van der Waals surface area contributed by atoms with Crippen LogP contribution in [-0.2, 0) is 13.0 Å². The average molecular weight is 433 g/mol. The zero-order valence-electron chi connectivity index (χ0n) is 18.9. The quantitative estimate of drug-likeness (QED) is 0.302. The van der Waals surface area contributed by atoms with Crippen LogP contribution in [0.5, 0.6) is 23.0 Å². The number of rotatable bonds is 10. The highest BCUT2D eigenvalue weighted by Crippen LogP contribution is 2.28. The Morgan fingerprint density at radius 3 is 2.16 bits per heavy atom. The smallest absolute Gasteiger partial charge is 0.185 e. The van der Waals surface area contributed by atoms with Crippen LogP contribution < -0.4 is 18.9 Å². The summed E-state index contributed by atoms with van der Waals surface area (Å²) in [7, 11) is 4.73. The molecule has 0 bridgehead atoms. The van der Waals surface area contributed by atoms with Crippen molar-refractivity contribution in [2.24, 2.45) is 0 Å². The van der Waals surface area contributed by atoms with Crippen LogP contribution in [0.15, 0.2) is 66.7 Å². The molecule has 0 aromatic heterocycles. The van der Waals surface area contributed by atoms with E-state index in [1.807, 2.05) is 30.3 Å². The third kappa shape index (κ3) is 5.70. The number of benzene rings is 3. The van der Waals surface area contributed by atoms with Gasteiger partial charge in [-0.25, -0.2) is 0 Å². The van der Waals surface area contributed by atoms with Gasteiger partial charge in [0.2, 0.25) is 0 Å². The van der Waals surface area contributed by atoms with Crippen molar-refractivity contribution in [1.82, 2.24) is 0 Å². The number of methoxy groups -OCH3 is 3. The zero-order valence-corrected chi connectivity index (χ0v) is 18.9. The fourth-order valence-electron chi connectivity index (χ4n) is 3.26. The Morgan fingerprint density at radius 1 is 0.812 bits per heavy atom. The molecule has 3 rings (SSSR count). The second-order valence-electron chi connectivity index (χ2n) is 7.12. The number of ketones is 1. The topological polar surface area (TPSA) is 54.0 Å². The molecule has 0 fully saturated rings. The van der Waals surface area contributed by atoms with E-state index in [-0.39, 0.29) is 5.78 Å². The van der Waals surface area contributed by atoms with Crippen LogP contribution in [0.2, 0.25) is 0 Å². The van der Waals surface area contributed by atoms with E-state index in [2.05, 4.69) is 19.1 Å². The van der Waals surface area contributed by atoms with E-state index >= 15 is 0 Å². The summed E-state index contributed by atoms with van der Waals surface area (Å²) in [5, 5.41) is 0. The minimum Gasteiger partial charge on any atom is -0.496 e. The molecule has 0 radical (unpaired) electrons. The molecule has 3 aromatic rings. The second kappa shape index (κ2) is 11.0. The number of hydrogen-bond acceptors (Lipinski definition) is 5. The number of carbonyl (C=O) groups excluding carboxylic acids is 1. The molecule has 0 unspecified atom stereocenters. The lowest BCUT2D eigenvalue weighted by Gasteiger charge is -2.11. The largest absolute Gasteiger partial charge is 0.496 e. The fourth-order valence-corrected chi connectivity index (χ4v) is 3.26. The molecule has 0 heterocycles. The van der Waals surface area contributed by atoms with E-state index in [4.69, 9.17) is 18.9 Å². The number of aryl methyl sites for hydroxylation is 1. The number of ether oxygens (including phenoxy) is 4. The van der Waals surface area contributed by atoms with E-state index in [1.54, 1.807) is 45.6 Å². The summed E-state index contributed by atoms with van der Waals surface area (Å²) < 4.78 is 21.9. The average Bonchev–Trinajstić information content (AvgIpc) is 2.85. The van der Waals surface area contributed by atoms with Crippen molar-refractivity contribution in [3.63, 3.8) is 0 Å². The van der Waals surface area contributed by atoms with Gasteiger partial charge in [0.05, 0.1) is 21.3 Å². The number of allylic oxidation sites excluding steroid dienone is 1. The zero-order chi connectivity index (χ0) is 22.9. The molecular formula is C27H28O5. The minimum absolute atomic E-state index is 0.129. The summed E-state index contributed by atoms with van der Waals surface area (Å²) in [5.74, 6) is 2.50. The van der Waals surface area contributed by atoms with Crippen LogP contribution in [0.4, 0.5) is 0 Å². The highest BCUT2D eigenvalue weighted by molar-refractivity contribution is 6.07. The number of carbonyl (C=O) groups is 1. The Balaban J connectivity index is 1.73. The maximum Gasteiger partial charge on any atom is 0.185 e. The molecule has 0 saturated carbocycles. The van der Waals surface area contributed by atoms with Crippen LogP contribution in [0.3, 0.4) is 0 Å². The predicted octanol–water partition coefficient (Wildman–Crippen LogP) is 5.75. The van der Waals surface area contributed by atoms with Crippen molar-refractivity contribution in [3.05, 3.63) is 89.0 Å². The van der Waals surface area contributed by atoms with Crippen molar-refractivity contribution in [3.8, 4) is 23.0 Å². The van der Waals surface area contributed by atoms with E-state index in [0.29, 0.717) is 23.7 Å². The van der Waals surface area contributed by atoms with Gasteiger partial charge >= 0.3 is 0 Å². The van der Waals surface area contributed by atoms with Gasteiger partial charge in [-0.15, -0.1) is 0 Å². The van der Waals surface area contributed by atoms with E-state index in [0.717, 1.165) is 29.0 Å². The van der Waals surface area contributed by atoms with E-state index in [1.165, 1.54) is 11.6 Å².